The maximum atomic E-state index is 13.3. The first-order chi connectivity index (χ1) is 11.3. The predicted octanol–water partition coefficient (Wildman–Crippen LogP) is 3.35. The van der Waals surface area contributed by atoms with Crippen molar-refractivity contribution in [3.63, 3.8) is 0 Å². The van der Waals surface area contributed by atoms with Gasteiger partial charge in [-0.1, -0.05) is 0 Å². The van der Waals surface area contributed by atoms with Crippen molar-refractivity contribution < 1.29 is 23.1 Å². The monoisotopic (exact) mass is 336 g/mol. The number of anilines is 1. The van der Waals surface area contributed by atoms with Crippen LogP contribution in [-0.2, 0) is 11.8 Å². The molecule has 0 spiro atoms. The van der Waals surface area contributed by atoms with Crippen molar-refractivity contribution in [2.24, 2.45) is 7.05 Å². The summed E-state index contributed by atoms with van der Waals surface area (Å²) >= 11 is 0. The minimum absolute atomic E-state index is 0.124. The van der Waals surface area contributed by atoms with Gasteiger partial charge in [-0.25, -0.2) is 13.6 Å². The van der Waals surface area contributed by atoms with E-state index in [1.54, 1.807) is 32.4 Å². The van der Waals surface area contributed by atoms with E-state index >= 15 is 0 Å². The lowest BCUT2D eigenvalue weighted by Crippen LogP contribution is -2.14. The van der Waals surface area contributed by atoms with Crippen LogP contribution in [0.2, 0.25) is 0 Å². The average molecular weight is 336 g/mol. The maximum Gasteiger partial charge on any atom is 0.355 e. The van der Waals surface area contributed by atoms with Gasteiger partial charge in [0.1, 0.15) is 5.69 Å². The lowest BCUT2D eigenvalue weighted by Gasteiger charge is -2.07. The molecule has 0 aliphatic carbocycles. The SMILES string of the molecule is CCOC(=O)c1c(C)c(C(=O)Nc2ccc(F)c(F)c2)c(C)n1C. The minimum Gasteiger partial charge on any atom is -0.461 e. The van der Waals surface area contributed by atoms with E-state index in [-0.39, 0.29) is 18.0 Å². The van der Waals surface area contributed by atoms with E-state index in [4.69, 9.17) is 4.74 Å². The lowest BCUT2D eigenvalue weighted by atomic mass is 10.1. The molecular weight excluding hydrogens is 318 g/mol. The molecule has 1 aromatic heterocycles. The highest BCUT2D eigenvalue weighted by Gasteiger charge is 2.25. The Labute approximate surface area is 138 Å². The first-order valence-electron chi connectivity index (χ1n) is 7.37. The van der Waals surface area contributed by atoms with Crippen LogP contribution in [0.4, 0.5) is 14.5 Å². The van der Waals surface area contributed by atoms with Gasteiger partial charge in [-0.05, 0) is 38.5 Å². The van der Waals surface area contributed by atoms with Gasteiger partial charge in [0.25, 0.3) is 5.91 Å². The second-order valence-electron chi connectivity index (χ2n) is 5.30. The van der Waals surface area contributed by atoms with Crippen LogP contribution in [0.15, 0.2) is 18.2 Å². The number of rotatable bonds is 4. The number of amides is 1. The third-order valence-corrected chi connectivity index (χ3v) is 3.80. The summed E-state index contributed by atoms with van der Waals surface area (Å²) in [6.45, 7) is 5.24. The largest absolute Gasteiger partial charge is 0.461 e. The fraction of sp³-hybridized carbons (Fsp3) is 0.294. The van der Waals surface area contributed by atoms with Crippen LogP contribution in [0.25, 0.3) is 0 Å². The summed E-state index contributed by atoms with van der Waals surface area (Å²) in [5, 5.41) is 2.51. The van der Waals surface area contributed by atoms with Crippen molar-refractivity contribution in [2.45, 2.75) is 20.8 Å². The van der Waals surface area contributed by atoms with Gasteiger partial charge >= 0.3 is 5.97 Å². The highest BCUT2D eigenvalue weighted by molar-refractivity contribution is 6.08. The number of carbonyl (C=O) groups is 2. The molecule has 0 saturated carbocycles. The highest BCUT2D eigenvalue weighted by Crippen LogP contribution is 2.23. The van der Waals surface area contributed by atoms with Gasteiger partial charge in [0.15, 0.2) is 11.6 Å². The number of aromatic nitrogens is 1. The molecule has 0 atom stereocenters. The van der Waals surface area contributed by atoms with Gasteiger partial charge in [0, 0.05) is 24.5 Å². The molecule has 0 radical (unpaired) electrons. The number of ether oxygens (including phenoxy) is 1. The molecule has 0 unspecified atom stereocenters. The molecule has 5 nitrogen and oxygen atoms in total. The van der Waals surface area contributed by atoms with E-state index in [2.05, 4.69) is 5.32 Å². The molecule has 0 aliphatic heterocycles. The summed E-state index contributed by atoms with van der Waals surface area (Å²) in [4.78, 5) is 24.6. The van der Waals surface area contributed by atoms with E-state index in [1.807, 2.05) is 0 Å². The molecule has 0 bridgehead atoms. The van der Waals surface area contributed by atoms with Crippen molar-refractivity contribution in [1.82, 2.24) is 4.57 Å². The lowest BCUT2D eigenvalue weighted by molar-refractivity contribution is 0.0514. The zero-order valence-electron chi connectivity index (χ0n) is 13.9. The summed E-state index contributed by atoms with van der Waals surface area (Å²) in [6.07, 6.45) is 0. The Kier molecular flexibility index (Phi) is 5.02. The average Bonchev–Trinajstić information content (AvgIpc) is 2.73. The van der Waals surface area contributed by atoms with Crippen molar-refractivity contribution in [1.29, 1.82) is 0 Å². The smallest absolute Gasteiger partial charge is 0.355 e. The number of nitrogens with one attached hydrogen (secondary N) is 1. The Morgan fingerprint density at radius 3 is 2.46 bits per heavy atom. The quantitative estimate of drug-likeness (QED) is 0.871. The molecule has 1 heterocycles. The van der Waals surface area contributed by atoms with Crippen molar-refractivity contribution in [3.8, 4) is 0 Å². The fourth-order valence-electron chi connectivity index (χ4n) is 2.57. The molecule has 1 amide bonds. The number of carbonyl (C=O) groups excluding carboxylic acids is 2. The molecule has 128 valence electrons. The molecule has 1 aromatic carbocycles. The molecule has 24 heavy (non-hydrogen) atoms. The summed E-state index contributed by atoms with van der Waals surface area (Å²) in [5.41, 5.74) is 1.73. The zero-order valence-corrected chi connectivity index (χ0v) is 13.9. The molecule has 0 saturated heterocycles. The molecule has 2 rings (SSSR count). The summed E-state index contributed by atoms with van der Waals surface area (Å²) in [7, 11) is 1.66. The zero-order chi connectivity index (χ0) is 18.0. The van der Waals surface area contributed by atoms with E-state index in [1.165, 1.54) is 6.07 Å². The third-order valence-electron chi connectivity index (χ3n) is 3.80. The first-order valence-corrected chi connectivity index (χ1v) is 7.37. The molecule has 1 N–H and O–H groups in total. The second-order valence-corrected chi connectivity index (χ2v) is 5.30. The van der Waals surface area contributed by atoms with Crippen molar-refractivity contribution in [3.05, 3.63) is 52.3 Å². The van der Waals surface area contributed by atoms with E-state index < -0.39 is 23.5 Å². The normalized spacial score (nSPS) is 10.6. The van der Waals surface area contributed by atoms with Gasteiger partial charge in [0.2, 0.25) is 0 Å². The van der Waals surface area contributed by atoms with Gasteiger partial charge in [-0.2, -0.15) is 0 Å². The Morgan fingerprint density at radius 2 is 1.88 bits per heavy atom. The Morgan fingerprint density at radius 1 is 1.21 bits per heavy atom. The Hall–Kier alpha value is -2.70. The van der Waals surface area contributed by atoms with Crippen LogP contribution in [0, 0.1) is 25.5 Å². The van der Waals surface area contributed by atoms with Crippen LogP contribution in [0.1, 0.15) is 39.0 Å². The molecule has 0 fully saturated rings. The second kappa shape index (κ2) is 6.82. The first kappa shape index (κ1) is 17.7. The number of hydrogen-bond acceptors (Lipinski definition) is 3. The maximum absolute atomic E-state index is 13.3. The standard InChI is InChI=1S/C17H18F2N2O3/c1-5-24-17(23)15-9(2)14(10(3)21(15)4)16(22)20-11-6-7-12(18)13(19)8-11/h6-8H,5H2,1-4H3,(H,20,22). The number of esters is 1. The number of nitrogens with zero attached hydrogens (tertiary/aromatic N) is 1. The van der Waals surface area contributed by atoms with Crippen LogP contribution in [-0.4, -0.2) is 23.1 Å². The fourth-order valence-corrected chi connectivity index (χ4v) is 2.57. The van der Waals surface area contributed by atoms with Gasteiger partial charge in [-0.15, -0.1) is 0 Å². The molecular formula is C17H18F2N2O3. The number of hydrogen-bond donors (Lipinski definition) is 1. The van der Waals surface area contributed by atoms with Crippen molar-refractivity contribution in [2.75, 3.05) is 11.9 Å². The van der Waals surface area contributed by atoms with Gasteiger partial charge in [-0.3, -0.25) is 4.79 Å². The Bertz CT molecular complexity index is 813. The molecule has 2 aromatic rings. The number of halogens is 2. The van der Waals surface area contributed by atoms with E-state index in [0.29, 0.717) is 16.8 Å². The molecule has 7 heteroatoms. The topological polar surface area (TPSA) is 60.3 Å². The van der Waals surface area contributed by atoms with E-state index in [0.717, 1.165) is 12.1 Å². The Balaban J connectivity index is 2.37. The number of benzene rings is 1. The summed E-state index contributed by atoms with van der Waals surface area (Å²) in [6, 6.07) is 3.09. The van der Waals surface area contributed by atoms with Crippen molar-refractivity contribution >= 4 is 17.6 Å². The van der Waals surface area contributed by atoms with Crippen LogP contribution >= 0.6 is 0 Å². The minimum atomic E-state index is -1.05. The highest BCUT2D eigenvalue weighted by atomic mass is 19.2. The summed E-state index contributed by atoms with van der Waals surface area (Å²) in [5.74, 6) is -3.08. The van der Waals surface area contributed by atoms with Crippen LogP contribution in [0.5, 0.6) is 0 Å². The van der Waals surface area contributed by atoms with Crippen LogP contribution in [0.3, 0.4) is 0 Å². The molecule has 0 aliphatic rings. The predicted molar refractivity (Wildman–Crippen MR) is 85.2 cm³/mol. The van der Waals surface area contributed by atoms with Crippen LogP contribution < -0.4 is 5.32 Å². The van der Waals surface area contributed by atoms with Gasteiger partial charge in [0.05, 0.1) is 12.2 Å². The summed E-state index contributed by atoms with van der Waals surface area (Å²) < 4.78 is 32.8. The third kappa shape index (κ3) is 3.15. The van der Waals surface area contributed by atoms with E-state index in [9.17, 15) is 18.4 Å². The van der Waals surface area contributed by atoms with Gasteiger partial charge < -0.3 is 14.6 Å².